The first kappa shape index (κ1) is 10.5. The van der Waals surface area contributed by atoms with Crippen LogP contribution in [0.3, 0.4) is 0 Å². The van der Waals surface area contributed by atoms with Gasteiger partial charge in [0.25, 0.3) is 0 Å². The largest absolute Gasteiger partial charge is 0.311 e. The number of nitrogens with one attached hydrogen (secondary N) is 1. The van der Waals surface area contributed by atoms with Crippen LogP contribution < -0.4 is 5.32 Å². The molecule has 0 aromatic heterocycles. The Morgan fingerprint density at radius 3 is 2.14 bits per heavy atom. The summed E-state index contributed by atoms with van der Waals surface area (Å²) in [6, 6.07) is 1.62. The molecule has 0 spiro atoms. The van der Waals surface area contributed by atoms with Crippen molar-refractivity contribution < 1.29 is 0 Å². The molecule has 2 aliphatic rings. The lowest BCUT2D eigenvalue weighted by Crippen LogP contribution is -2.35. The third kappa shape index (κ3) is 2.73. The Balaban J connectivity index is 1.74. The monoisotopic (exact) mass is 195 g/mol. The topological polar surface area (TPSA) is 12.0 Å². The van der Waals surface area contributed by atoms with Crippen molar-refractivity contribution in [3.8, 4) is 0 Å². The molecule has 1 nitrogen and oxygen atoms in total. The van der Waals surface area contributed by atoms with Gasteiger partial charge in [0.2, 0.25) is 0 Å². The first-order chi connectivity index (χ1) is 6.77. The highest BCUT2D eigenvalue weighted by atomic mass is 15.0. The minimum absolute atomic E-state index is 0.767. The van der Waals surface area contributed by atoms with E-state index >= 15 is 0 Å². The molecule has 82 valence electrons. The second-order valence-electron chi connectivity index (χ2n) is 5.53. The fourth-order valence-corrected chi connectivity index (χ4v) is 2.84. The standard InChI is InChI=1S/C13H25N/c1-10-9-13(10)14-11(2)12-7-5-3-4-6-8-12/h10-14H,3-9H2,1-2H3/t10-,11?,13-/m1/s1. The molecule has 0 aromatic carbocycles. The predicted molar refractivity (Wildman–Crippen MR) is 61.4 cm³/mol. The molecular formula is C13H25N. The van der Waals surface area contributed by atoms with Gasteiger partial charge in [-0.2, -0.15) is 0 Å². The molecular weight excluding hydrogens is 170 g/mol. The second kappa shape index (κ2) is 4.65. The third-order valence-electron chi connectivity index (χ3n) is 4.19. The zero-order valence-electron chi connectivity index (χ0n) is 9.76. The van der Waals surface area contributed by atoms with Gasteiger partial charge < -0.3 is 5.32 Å². The molecule has 2 fully saturated rings. The SMILES string of the molecule is CC(N[C@@H]1C[C@H]1C)C1CCCCCC1. The van der Waals surface area contributed by atoms with Crippen LogP contribution in [-0.4, -0.2) is 12.1 Å². The van der Waals surface area contributed by atoms with Gasteiger partial charge in [0.1, 0.15) is 0 Å². The van der Waals surface area contributed by atoms with Gasteiger partial charge in [-0.3, -0.25) is 0 Å². The molecule has 0 aliphatic heterocycles. The van der Waals surface area contributed by atoms with E-state index in [1.54, 1.807) is 0 Å². The van der Waals surface area contributed by atoms with Gasteiger partial charge in [0, 0.05) is 12.1 Å². The number of rotatable bonds is 3. The Bertz CT molecular complexity index is 170. The van der Waals surface area contributed by atoms with Gasteiger partial charge >= 0.3 is 0 Å². The quantitative estimate of drug-likeness (QED) is 0.681. The first-order valence-corrected chi connectivity index (χ1v) is 6.53. The van der Waals surface area contributed by atoms with E-state index in [0.29, 0.717) is 0 Å². The van der Waals surface area contributed by atoms with Crippen molar-refractivity contribution in [2.45, 2.75) is 70.9 Å². The maximum Gasteiger partial charge on any atom is 0.00989 e. The molecule has 3 atom stereocenters. The van der Waals surface area contributed by atoms with Crippen LogP contribution in [-0.2, 0) is 0 Å². The van der Waals surface area contributed by atoms with Gasteiger partial charge in [-0.15, -0.1) is 0 Å². The van der Waals surface area contributed by atoms with Gasteiger partial charge in [-0.25, -0.2) is 0 Å². The van der Waals surface area contributed by atoms with E-state index in [4.69, 9.17) is 0 Å². The zero-order valence-corrected chi connectivity index (χ0v) is 9.76. The Kier molecular flexibility index (Phi) is 3.48. The lowest BCUT2D eigenvalue weighted by molar-refractivity contribution is 0.332. The van der Waals surface area contributed by atoms with Crippen molar-refractivity contribution in [1.29, 1.82) is 0 Å². The van der Waals surface area contributed by atoms with Gasteiger partial charge in [-0.05, 0) is 38.0 Å². The highest BCUT2D eigenvalue weighted by molar-refractivity contribution is 4.92. The number of hydrogen-bond donors (Lipinski definition) is 1. The summed E-state index contributed by atoms with van der Waals surface area (Å²) in [6.07, 6.45) is 10.2. The van der Waals surface area contributed by atoms with Crippen LogP contribution in [0.15, 0.2) is 0 Å². The molecule has 2 rings (SSSR count). The summed E-state index contributed by atoms with van der Waals surface area (Å²) in [5.41, 5.74) is 0. The smallest absolute Gasteiger partial charge is 0.00989 e. The van der Waals surface area contributed by atoms with Crippen LogP contribution in [0.5, 0.6) is 0 Å². The Labute approximate surface area is 88.7 Å². The van der Waals surface area contributed by atoms with Crippen LogP contribution in [0.4, 0.5) is 0 Å². The Morgan fingerprint density at radius 1 is 1.07 bits per heavy atom. The molecule has 0 radical (unpaired) electrons. The highest BCUT2D eigenvalue weighted by Gasteiger charge is 2.34. The fraction of sp³-hybridized carbons (Fsp3) is 1.00. The van der Waals surface area contributed by atoms with Crippen molar-refractivity contribution in [2.75, 3.05) is 0 Å². The minimum Gasteiger partial charge on any atom is -0.311 e. The maximum absolute atomic E-state index is 3.80. The summed E-state index contributed by atoms with van der Waals surface area (Å²) in [7, 11) is 0. The minimum atomic E-state index is 0.767. The lowest BCUT2D eigenvalue weighted by Gasteiger charge is -2.23. The van der Waals surface area contributed by atoms with E-state index in [9.17, 15) is 0 Å². The van der Waals surface area contributed by atoms with Crippen LogP contribution in [0.25, 0.3) is 0 Å². The number of hydrogen-bond acceptors (Lipinski definition) is 1. The summed E-state index contributed by atoms with van der Waals surface area (Å²) < 4.78 is 0. The van der Waals surface area contributed by atoms with Gasteiger partial charge in [0.15, 0.2) is 0 Å². The Hall–Kier alpha value is -0.0400. The van der Waals surface area contributed by atoms with E-state index < -0.39 is 0 Å². The fourth-order valence-electron chi connectivity index (χ4n) is 2.84. The van der Waals surface area contributed by atoms with Crippen molar-refractivity contribution in [2.24, 2.45) is 11.8 Å². The van der Waals surface area contributed by atoms with E-state index in [-0.39, 0.29) is 0 Å². The molecule has 1 unspecified atom stereocenters. The highest BCUT2D eigenvalue weighted by Crippen LogP contribution is 2.32. The molecule has 0 heterocycles. The van der Waals surface area contributed by atoms with Crippen molar-refractivity contribution in [3.63, 3.8) is 0 Å². The predicted octanol–water partition coefficient (Wildman–Crippen LogP) is 3.34. The summed E-state index contributed by atoms with van der Waals surface area (Å²) in [6.45, 7) is 4.76. The van der Waals surface area contributed by atoms with E-state index in [0.717, 1.165) is 23.9 Å². The van der Waals surface area contributed by atoms with Crippen LogP contribution in [0.2, 0.25) is 0 Å². The third-order valence-corrected chi connectivity index (χ3v) is 4.19. The van der Waals surface area contributed by atoms with Crippen LogP contribution in [0, 0.1) is 11.8 Å². The maximum atomic E-state index is 3.80. The van der Waals surface area contributed by atoms with Gasteiger partial charge in [-0.1, -0.05) is 32.6 Å². The molecule has 0 aromatic rings. The summed E-state index contributed by atoms with van der Waals surface area (Å²) in [5, 5.41) is 3.80. The zero-order chi connectivity index (χ0) is 9.97. The van der Waals surface area contributed by atoms with Crippen molar-refractivity contribution in [1.82, 2.24) is 5.32 Å². The first-order valence-electron chi connectivity index (χ1n) is 6.53. The molecule has 2 saturated carbocycles. The van der Waals surface area contributed by atoms with E-state index in [1.165, 1.54) is 44.9 Å². The van der Waals surface area contributed by atoms with E-state index in [1.807, 2.05) is 0 Å². The van der Waals surface area contributed by atoms with Crippen LogP contribution >= 0.6 is 0 Å². The van der Waals surface area contributed by atoms with Gasteiger partial charge in [0.05, 0.1) is 0 Å². The van der Waals surface area contributed by atoms with Crippen molar-refractivity contribution in [3.05, 3.63) is 0 Å². The summed E-state index contributed by atoms with van der Waals surface area (Å²) in [5.74, 6) is 1.91. The molecule has 0 amide bonds. The lowest BCUT2D eigenvalue weighted by atomic mass is 9.93. The summed E-state index contributed by atoms with van der Waals surface area (Å²) >= 11 is 0. The average molecular weight is 195 g/mol. The Morgan fingerprint density at radius 2 is 1.64 bits per heavy atom. The molecule has 0 saturated heterocycles. The molecule has 14 heavy (non-hydrogen) atoms. The van der Waals surface area contributed by atoms with Crippen molar-refractivity contribution >= 4 is 0 Å². The summed E-state index contributed by atoms with van der Waals surface area (Å²) in [4.78, 5) is 0. The molecule has 2 aliphatic carbocycles. The molecule has 0 bridgehead atoms. The normalized spacial score (nSPS) is 36.4. The van der Waals surface area contributed by atoms with Crippen LogP contribution in [0.1, 0.15) is 58.8 Å². The van der Waals surface area contributed by atoms with E-state index in [2.05, 4.69) is 19.2 Å². The average Bonchev–Trinajstić information content (AvgIpc) is 2.89. The second-order valence-corrected chi connectivity index (χ2v) is 5.53. The molecule has 1 heteroatoms. The molecule has 1 N–H and O–H groups in total.